The molecule has 2 aromatic rings. The van der Waals surface area contributed by atoms with Crippen LogP contribution >= 0.6 is 11.6 Å². The Morgan fingerprint density at radius 2 is 2.37 bits per heavy atom. The lowest BCUT2D eigenvalue weighted by atomic mass is 9.87. The molecule has 1 aliphatic carbocycles. The number of benzene rings is 1. The van der Waals surface area contributed by atoms with E-state index in [0.717, 1.165) is 40.9 Å². The number of aromatic nitrogens is 1. The minimum absolute atomic E-state index is 0.124. The third-order valence-corrected chi connectivity index (χ3v) is 3.98. The molecule has 0 spiro atoms. The fourth-order valence-electron chi connectivity index (χ4n) is 2.91. The van der Waals surface area contributed by atoms with Crippen LogP contribution in [-0.2, 0) is 16.0 Å². The van der Waals surface area contributed by atoms with Crippen molar-refractivity contribution >= 4 is 28.5 Å². The van der Waals surface area contributed by atoms with E-state index >= 15 is 0 Å². The van der Waals surface area contributed by atoms with Crippen LogP contribution in [0.25, 0.3) is 10.9 Å². The van der Waals surface area contributed by atoms with Gasteiger partial charge in [-0.15, -0.1) is 0 Å². The molecule has 1 heterocycles. The van der Waals surface area contributed by atoms with Gasteiger partial charge in [0.1, 0.15) is 0 Å². The van der Waals surface area contributed by atoms with Crippen molar-refractivity contribution in [3.8, 4) is 0 Å². The highest BCUT2D eigenvalue weighted by atomic mass is 35.5. The zero-order chi connectivity index (χ0) is 13.4. The first-order chi connectivity index (χ1) is 9.20. The Balaban J connectivity index is 2.09. The Hall–Kier alpha value is -1.48. The normalized spacial score (nSPS) is 18.3. The van der Waals surface area contributed by atoms with Crippen LogP contribution in [0.1, 0.15) is 36.9 Å². The van der Waals surface area contributed by atoms with Crippen LogP contribution < -0.4 is 0 Å². The third-order valence-electron chi connectivity index (χ3n) is 3.74. The standard InChI is InChI=1S/C15H16ClNO2/c1-2-19-15(18)11-5-3-4-10-12-8-9(16)6-7-13(12)17-14(10)11/h6-8,11,17H,2-5H2,1H3. The lowest BCUT2D eigenvalue weighted by molar-refractivity contribution is -0.145. The van der Waals surface area contributed by atoms with Crippen LogP contribution in [-0.4, -0.2) is 17.6 Å². The summed E-state index contributed by atoms with van der Waals surface area (Å²) in [5.41, 5.74) is 3.29. The molecule has 1 atom stereocenters. The summed E-state index contributed by atoms with van der Waals surface area (Å²) in [7, 11) is 0. The highest BCUT2D eigenvalue weighted by Gasteiger charge is 2.30. The van der Waals surface area contributed by atoms with Gasteiger partial charge in [0.2, 0.25) is 0 Å². The Morgan fingerprint density at radius 1 is 1.53 bits per heavy atom. The number of carbonyl (C=O) groups excluding carboxylic acids is 1. The summed E-state index contributed by atoms with van der Waals surface area (Å²) in [5, 5.41) is 1.86. The van der Waals surface area contributed by atoms with Crippen molar-refractivity contribution in [2.45, 2.75) is 32.1 Å². The highest BCUT2D eigenvalue weighted by Crippen LogP contribution is 2.37. The van der Waals surface area contributed by atoms with E-state index < -0.39 is 0 Å². The van der Waals surface area contributed by atoms with Gasteiger partial charge in [-0.3, -0.25) is 4.79 Å². The van der Waals surface area contributed by atoms with Gasteiger partial charge >= 0.3 is 5.97 Å². The number of esters is 1. The summed E-state index contributed by atoms with van der Waals surface area (Å²) < 4.78 is 5.17. The smallest absolute Gasteiger partial charge is 0.314 e. The molecule has 3 nitrogen and oxygen atoms in total. The lowest BCUT2D eigenvalue weighted by Crippen LogP contribution is -2.20. The second-order valence-electron chi connectivity index (χ2n) is 4.90. The molecule has 0 amide bonds. The number of nitrogens with one attached hydrogen (secondary N) is 1. The summed E-state index contributed by atoms with van der Waals surface area (Å²) in [5.74, 6) is -0.282. The van der Waals surface area contributed by atoms with Crippen molar-refractivity contribution in [2.24, 2.45) is 0 Å². The number of fused-ring (bicyclic) bond motifs is 3. The second kappa shape index (κ2) is 4.89. The Bertz CT molecular complexity index is 632. The molecule has 1 aromatic heterocycles. The van der Waals surface area contributed by atoms with Crippen molar-refractivity contribution in [3.63, 3.8) is 0 Å². The molecule has 3 rings (SSSR count). The first kappa shape index (κ1) is 12.5. The summed E-state index contributed by atoms with van der Waals surface area (Å²) in [4.78, 5) is 15.4. The largest absolute Gasteiger partial charge is 0.465 e. The van der Waals surface area contributed by atoms with Crippen molar-refractivity contribution in [1.29, 1.82) is 0 Å². The fourth-order valence-corrected chi connectivity index (χ4v) is 3.09. The zero-order valence-corrected chi connectivity index (χ0v) is 11.6. The predicted octanol–water partition coefficient (Wildman–Crippen LogP) is 3.80. The number of hydrogen-bond acceptors (Lipinski definition) is 2. The molecular formula is C15H16ClNO2. The maximum Gasteiger partial charge on any atom is 0.314 e. The number of rotatable bonds is 2. The number of halogens is 1. The molecule has 19 heavy (non-hydrogen) atoms. The van der Waals surface area contributed by atoms with Crippen molar-refractivity contribution < 1.29 is 9.53 Å². The van der Waals surface area contributed by atoms with E-state index in [1.165, 1.54) is 5.56 Å². The quantitative estimate of drug-likeness (QED) is 0.848. The van der Waals surface area contributed by atoms with Crippen molar-refractivity contribution in [3.05, 3.63) is 34.5 Å². The molecule has 4 heteroatoms. The number of H-pyrrole nitrogens is 1. The van der Waals surface area contributed by atoms with Crippen LogP contribution in [0.5, 0.6) is 0 Å². The molecule has 1 aromatic carbocycles. The molecule has 100 valence electrons. The number of carbonyl (C=O) groups is 1. The summed E-state index contributed by atoms with van der Waals surface area (Å²) in [6.07, 6.45) is 2.86. The molecule has 0 saturated carbocycles. The number of aryl methyl sites for hydroxylation is 1. The van der Waals surface area contributed by atoms with Crippen LogP contribution in [0.4, 0.5) is 0 Å². The SMILES string of the molecule is CCOC(=O)C1CCCc2c1[nH]c1ccc(Cl)cc21. The van der Waals surface area contributed by atoms with Gasteiger partial charge in [-0.25, -0.2) is 0 Å². The molecule has 1 aliphatic rings. The third kappa shape index (κ3) is 2.12. The topological polar surface area (TPSA) is 42.1 Å². The molecule has 1 unspecified atom stereocenters. The van der Waals surface area contributed by atoms with Crippen LogP contribution in [0.3, 0.4) is 0 Å². The Morgan fingerprint density at radius 3 is 3.16 bits per heavy atom. The first-order valence-electron chi connectivity index (χ1n) is 6.67. The second-order valence-corrected chi connectivity index (χ2v) is 5.34. The Labute approximate surface area is 116 Å². The monoisotopic (exact) mass is 277 g/mol. The number of aromatic amines is 1. The van der Waals surface area contributed by atoms with Crippen LogP contribution in [0.15, 0.2) is 18.2 Å². The van der Waals surface area contributed by atoms with Gasteiger partial charge < -0.3 is 9.72 Å². The van der Waals surface area contributed by atoms with Gasteiger partial charge in [0.25, 0.3) is 0 Å². The van der Waals surface area contributed by atoms with E-state index in [2.05, 4.69) is 4.98 Å². The fraction of sp³-hybridized carbons (Fsp3) is 0.400. The minimum atomic E-state index is -0.158. The molecule has 0 saturated heterocycles. The van der Waals surface area contributed by atoms with E-state index in [1.54, 1.807) is 0 Å². The van der Waals surface area contributed by atoms with Gasteiger partial charge in [0, 0.05) is 21.6 Å². The van der Waals surface area contributed by atoms with E-state index in [0.29, 0.717) is 6.61 Å². The van der Waals surface area contributed by atoms with Crippen molar-refractivity contribution in [1.82, 2.24) is 4.98 Å². The lowest BCUT2D eigenvalue weighted by Gasteiger charge is -2.20. The zero-order valence-electron chi connectivity index (χ0n) is 10.8. The Kier molecular flexibility index (Phi) is 3.23. The van der Waals surface area contributed by atoms with E-state index in [4.69, 9.17) is 16.3 Å². The van der Waals surface area contributed by atoms with Gasteiger partial charge in [-0.1, -0.05) is 11.6 Å². The van der Waals surface area contributed by atoms with Gasteiger partial charge in [0.05, 0.1) is 12.5 Å². The maximum atomic E-state index is 12.0. The minimum Gasteiger partial charge on any atom is -0.465 e. The number of ether oxygens (including phenoxy) is 1. The van der Waals surface area contributed by atoms with Crippen molar-refractivity contribution in [2.75, 3.05) is 6.61 Å². The summed E-state index contributed by atoms with van der Waals surface area (Å²) >= 11 is 6.06. The molecule has 0 bridgehead atoms. The average Bonchev–Trinajstić information content (AvgIpc) is 2.77. The highest BCUT2D eigenvalue weighted by molar-refractivity contribution is 6.31. The van der Waals surface area contributed by atoms with Gasteiger partial charge in [-0.05, 0) is 49.9 Å². The number of hydrogen-bond donors (Lipinski definition) is 1. The average molecular weight is 278 g/mol. The maximum absolute atomic E-state index is 12.0. The molecule has 1 N–H and O–H groups in total. The predicted molar refractivity (Wildman–Crippen MR) is 75.6 cm³/mol. The van der Waals surface area contributed by atoms with E-state index in [9.17, 15) is 4.79 Å². The first-order valence-corrected chi connectivity index (χ1v) is 7.05. The molecule has 0 radical (unpaired) electrons. The van der Waals surface area contributed by atoms with Crippen LogP contribution in [0, 0.1) is 0 Å². The van der Waals surface area contributed by atoms with E-state index in [-0.39, 0.29) is 11.9 Å². The van der Waals surface area contributed by atoms with Gasteiger partial charge in [-0.2, -0.15) is 0 Å². The van der Waals surface area contributed by atoms with Crippen LogP contribution in [0.2, 0.25) is 5.02 Å². The summed E-state index contributed by atoms with van der Waals surface area (Å²) in [6, 6.07) is 5.81. The molecule has 0 aliphatic heterocycles. The summed E-state index contributed by atoms with van der Waals surface area (Å²) in [6.45, 7) is 2.27. The van der Waals surface area contributed by atoms with Gasteiger partial charge in [0.15, 0.2) is 0 Å². The molecule has 0 fully saturated rings. The van der Waals surface area contributed by atoms with E-state index in [1.807, 2.05) is 25.1 Å². The molecular weight excluding hydrogens is 262 g/mol.